The van der Waals surface area contributed by atoms with Gasteiger partial charge in [0.2, 0.25) is 5.75 Å². The summed E-state index contributed by atoms with van der Waals surface area (Å²) in [5.41, 5.74) is 3.12. The van der Waals surface area contributed by atoms with Crippen LogP contribution >= 0.6 is 15.9 Å². The molecule has 0 amide bonds. The van der Waals surface area contributed by atoms with Gasteiger partial charge in [0.1, 0.15) is 0 Å². The predicted octanol–water partition coefficient (Wildman–Crippen LogP) is 6.46. The fourth-order valence-electron chi connectivity index (χ4n) is 3.32. The van der Waals surface area contributed by atoms with Crippen LogP contribution < -0.4 is 24.3 Å². The van der Waals surface area contributed by atoms with E-state index in [0.717, 1.165) is 15.6 Å². The Hall–Kier alpha value is -3.71. The van der Waals surface area contributed by atoms with Crippen LogP contribution in [0.4, 0.5) is 5.69 Å². The number of carbonyl (C=O) groups is 1. The monoisotopic (exact) mass is 523 g/mol. The molecule has 3 aromatic carbocycles. The summed E-state index contributed by atoms with van der Waals surface area (Å²) in [4.78, 5) is 12.3. The van der Waals surface area contributed by atoms with Gasteiger partial charge in [-0.1, -0.05) is 42.5 Å². The Morgan fingerprint density at radius 2 is 1.38 bits per heavy atom. The number of nitrogens with one attached hydrogen (secondary N) is 1. The molecule has 3 aromatic rings. The maximum Gasteiger partial charge on any atom is 0.203 e. The predicted molar refractivity (Wildman–Crippen MR) is 139 cm³/mol. The van der Waals surface area contributed by atoms with E-state index in [9.17, 15) is 4.79 Å². The highest BCUT2D eigenvalue weighted by molar-refractivity contribution is 9.10. The molecule has 0 aliphatic rings. The Balaban J connectivity index is 1.86. The first-order valence-electron chi connectivity index (χ1n) is 10.4. The van der Waals surface area contributed by atoms with Crippen LogP contribution in [-0.4, -0.2) is 34.2 Å². The molecule has 0 spiro atoms. The molecule has 0 aliphatic carbocycles. The maximum atomic E-state index is 12.3. The minimum absolute atomic E-state index is 0.0930. The number of methoxy groups -OCH3 is 4. The molecule has 0 radical (unpaired) electrons. The van der Waals surface area contributed by atoms with Crippen molar-refractivity contribution >= 4 is 39.6 Å². The summed E-state index contributed by atoms with van der Waals surface area (Å²) < 4.78 is 22.5. The van der Waals surface area contributed by atoms with Crippen molar-refractivity contribution in [2.45, 2.75) is 0 Å². The fourth-order valence-corrected chi connectivity index (χ4v) is 3.96. The lowest BCUT2D eigenvalue weighted by atomic mass is 10.1. The van der Waals surface area contributed by atoms with Gasteiger partial charge in [-0.2, -0.15) is 0 Å². The van der Waals surface area contributed by atoms with Gasteiger partial charge in [0, 0.05) is 17.8 Å². The maximum absolute atomic E-state index is 12.3. The SMILES string of the molecule is COc1cc(C=Cc2cc(Br)c(OC)c(N/C=C\C(=O)c3ccccc3)c2)cc(OC)c1OC. The summed E-state index contributed by atoms with van der Waals surface area (Å²) in [6.07, 6.45) is 6.99. The van der Waals surface area contributed by atoms with E-state index in [-0.39, 0.29) is 5.78 Å². The van der Waals surface area contributed by atoms with Crippen LogP contribution in [0.2, 0.25) is 0 Å². The third-order valence-corrected chi connectivity index (χ3v) is 5.55. The zero-order valence-corrected chi connectivity index (χ0v) is 21.0. The summed E-state index contributed by atoms with van der Waals surface area (Å²) in [5, 5.41) is 3.15. The van der Waals surface area contributed by atoms with Crippen molar-refractivity contribution in [3.8, 4) is 23.0 Å². The van der Waals surface area contributed by atoms with Crippen LogP contribution in [0.1, 0.15) is 21.5 Å². The molecule has 0 bridgehead atoms. The molecule has 0 saturated heterocycles. The lowest BCUT2D eigenvalue weighted by molar-refractivity contribution is 0.104. The molecule has 7 heteroatoms. The average molecular weight is 524 g/mol. The van der Waals surface area contributed by atoms with Crippen LogP contribution in [0.15, 0.2) is 71.3 Å². The van der Waals surface area contributed by atoms with E-state index in [2.05, 4.69) is 21.2 Å². The van der Waals surface area contributed by atoms with Crippen LogP contribution in [0.5, 0.6) is 23.0 Å². The second-order valence-electron chi connectivity index (χ2n) is 7.08. The Morgan fingerprint density at radius 3 is 1.94 bits per heavy atom. The second-order valence-corrected chi connectivity index (χ2v) is 7.94. The normalized spacial score (nSPS) is 11.0. The summed E-state index contributed by atoms with van der Waals surface area (Å²) in [7, 11) is 6.33. The fraction of sp³-hybridized carbons (Fsp3) is 0.148. The average Bonchev–Trinajstić information content (AvgIpc) is 2.87. The van der Waals surface area contributed by atoms with Gasteiger partial charge >= 0.3 is 0 Å². The Labute approximate surface area is 207 Å². The first-order valence-corrected chi connectivity index (χ1v) is 11.2. The van der Waals surface area contributed by atoms with E-state index in [0.29, 0.717) is 34.2 Å². The molecule has 0 aliphatic heterocycles. The van der Waals surface area contributed by atoms with Crippen LogP contribution in [0.25, 0.3) is 12.2 Å². The van der Waals surface area contributed by atoms with Crippen molar-refractivity contribution in [3.63, 3.8) is 0 Å². The topological polar surface area (TPSA) is 66.0 Å². The highest BCUT2D eigenvalue weighted by Crippen LogP contribution is 2.39. The number of anilines is 1. The molecular weight excluding hydrogens is 498 g/mol. The molecule has 1 N–H and O–H groups in total. The first-order chi connectivity index (χ1) is 16.5. The number of ether oxygens (including phenoxy) is 4. The summed E-state index contributed by atoms with van der Waals surface area (Å²) >= 11 is 3.56. The standard InChI is InChI=1S/C27H26BrNO5/c1-31-24-16-19(17-25(32-2)27(24)34-4)11-10-18-14-21(28)26(33-3)22(15-18)29-13-12-23(30)20-8-6-5-7-9-20/h5-17,29H,1-4H3/b11-10?,13-12-. The number of hydrogen-bond acceptors (Lipinski definition) is 6. The molecule has 0 saturated carbocycles. The van der Waals surface area contributed by atoms with E-state index in [1.54, 1.807) is 46.8 Å². The second kappa shape index (κ2) is 12.0. The molecule has 0 heterocycles. The van der Waals surface area contributed by atoms with Gasteiger partial charge in [0.05, 0.1) is 38.6 Å². The van der Waals surface area contributed by atoms with Crippen LogP contribution in [0, 0.1) is 0 Å². The van der Waals surface area contributed by atoms with Crippen molar-refractivity contribution in [3.05, 3.63) is 88.0 Å². The molecule has 6 nitrogen and oxygen atoms in total. The number of allylic oxidation sites excluding steroid dienone is 1. The zero-order chi connectivity index (χ0) is 24.5. The van der Waals surface area contributed by atoms with Crippen LogP contribution in [-0.2, 0) is 0 Å². The van der Waals surface area contributed by atoms with Gasteiger partial charge in [0.25, 0.3) is 0 Å². The van der Waals surface area contributed by atoms with Gasteiger partial charge in [-0.25, -0.2) is 0 Å². The highest BCUT2D eigenvalue weighted by Gasteiger charge is 2.12. The van der Waals surface area contributed by atoms with Crippen molar-refractivity contribution in [2.75, 3.05) is 33.8 Å². The number of benzene rings is 3. The van der Waals surface area contributed by atoms with Gasteiger partial charge < -0.3 is 24.3 Å². The van der Waals surface area contributed by atoms with Gasteiger partial charge in [0.15, 0.2) is 23.0 Å². The smallest absolute Gasteiger partial charge is 0.203 e. The van der Waals surface area contributed by atoms with Crippen LogP contribution in [0.3, 0.4) is 0 Å². The lowest BCUT2D eigenvalue weighted by Gasteiger charge is -2.13. The van der Waals surface area contributed by atoms with Gasteiger partial charge in [-0.05, 0) is 51.3 Å². The molecule has 0 unspecified atom stereocenters. The van der Waals surface area contributed by atoms with E-state index in [4.69, 9.17) is 18.9 Å². The molecule has 3 rings (SSSR count). The van der Waals surface area contributed by atoms with E-state index in [1.165, 1.54) is 6.08 Å². The highest BCUT2D eigenvalue weighted by atomic mass is 79.9. The Bertz CT molecular complexity index is 1180. The first kappa shape index (κ1) is 24.9. The molecule has 34 heavy (non-hydrogen) atoms. The van der Waals surface area contributed by atoms with Crippen molar-refractivity contribution < 1.29 is 23.7 Å². The number of ketones is 1. The lowest BCUT2D eigenvalue weighted by Crippen LogP contribution is -1.98. The number of halogens is 1. The minimum atomic E-state index is -0.0930. The molecule has 0 fully saturated rings. The zero-order valence-electron chi connectivity index (χ0n) is 19.4. The summed E-state index contributed by atoms with van der Waals surface area (Å²) in [6.45, 7) is 0. The Morgan fingerprint density at radius 1 is 0.794 bits per heavy atom. The number of rotatable bonds is 10. The summed E-state index contributed by atoms with van der Waals surface area (Å²) in [6, 6.07) is 16.7. The number of carbonyl (C=O) groups excluding carboxylic acids is 1. The molecular formula is C27H26BrNO5. The third-order valence-electron chi connectivity index (χ3n) is 4.96. The number of hydrogen-bond donors (Lipinski definition) is 1. The summed E-state index contributed by atoms with van der Waals surface area (Å²) in [5.74, 6) is 2.23. The van der Waals surface area contributed by atoms with Crippen molar-refractivity contribution in [1.29, 1.82) is 0 Å². The van der Waals surface area contributed by atoms with Crippen molar-refractivity contribution in [2.24, 2.45) is 0 Å². The quantitative estimate of drug-likeness (QED) is 0.187. The molecule has 0 aromatic heterocycles. The third kappa shape index (κ3) is 5.99. The Kier molecular flexibility index (Phi) is 8.76. The van der Waals surface area contributed by atoms with E-state index < -0.39 is 0 Å². The minimum Gasteiger partial charge on any atom is -0.493 e. The van der Waals surface area contributed by atoms with Gasteiger partial charge in [-0.15, -0.1) is 0 Å². The van der Waals surface area contributed by atoms with Gasteiger partial charge in [-0.3, -0.25) is 4.79 Å². The molecule has 176 valence electrons. The largest absolute Gasteiger partial charge is 0.493 e. The van der Waals surface area contributed by atoms with E-state index >= 15 is 0 Å². The van der Waals surface area contributed by atoms with E-state index in [1.807, 2.05) is 54.6 Å². The van der Waals surface area contributed by atoms with Crippen molar-refractivity contribution in [1.82, 2.24) is 0 Å². The molecule has 0 atom stereocenters.